The van der Waals surface area contributed by atoms with Crippen molar-refractivity contribution in [3.63, 3.8) is 0 Å². The minimum Gasteiger partial charge on any atom is -0.341 e. The molecular formula is C20H28N6O. The standard InChI is InChI=1S/C20H28N6O/c1-20(2,3)17-16-14(10-15(27)23-18(16)25(4)24-17)13-11-21-19(22-12-13)26-8-6-5-7-9-26/h11-12,14H,5-10H2,1-4H3,(H,23,27). The van der Waals surface area contributed by atoms with Gasteiger partial charge < -0.3 is 10.2 Å². The number of amides is 1. The highest BCUT2D eigenvalue weighted by molar-refractivity contribution is 5.94. The van der Waals surface area contributed by atoms with Gasteiger partial charge in [0.05, 0.1) is 5.69 Å². The molecule has 0 radical (unpaired) electrons. The van der Waals surface area contributed by atoms with Crippen molar-refractivity contribution >= 4 is 17.7 Å². The lowest BCUT2D eigenvalue weighted by Gasteiger charge is -2.28. The molecule has 1 amide bonds. The van der Waals surface area contributed by atoms with Crippen molar-refractivity contribution in [3.05, 3.63) is 29.2 Å². The van der Waals surface area contributed by atoms with Crippen LogP contribution in [0.25, 0.3) is 0 Å². The maximum Gasteiger partial charge on any atom is 0.226 e. The van der Waals surface area contributed by atoms with Crippen molar-refractivity contribution < 1.29 is 4.79 Å². The van der Waals surface area contributed by atoms with Gasteiger partial charge in [-0.1, -0.05) is 20.8 Å². The molecular weight excluding hydrogens is 340 g/mol. The van der Waals surface area contributed by atoms with E-state index in [1.807, 2.05) is 19.4 Å². The lowest BCUT2D eigenvalue weighted by molar-refractivity contribution is -0.116. The van der Waals surface area contributed by atoms with Crippen LogP contribution >= 0.6 is 0 Å². The maximum absolute atomic E-state index is 12.3. The Bertz CT molecular complexity index is 843. The van der Waals surface area contributed by atoms with Gasteiger partial charge >= 0.3 is 0 Å². The fourth-order valence-electron chi connectivity index (χ4n) is 4.10. The van der Waals surface area contributed by atoms with Gasteiger partial charge in [0.15, 0.2) is 0 Å². The molecule has 2 aromatic heterocycles. The zero-order chi connectivity index (χ0) is 19.2. The van der Waals surface area contributed by atoms with Crippen molar-refractivity contribution in [2.24, 2.45) is 7.05 Å². The van der Waals surface area contributed by atoms with Gasteiger partial charge in [-0.2, -0.15) is 5.10 Å². The molecule has 0 bridgehead atoms. The number of hydrogen-bond donors (Lipinski definition) is 1. The zero-order valence-corrected chi connectivity index (χ0v) is 16.6. The molecule has 0 spiro atoms. The number of aryl methyl sites for hydroxylation is 1. The molecule has 4 heterocycles. The van der Waals surface area contributed by atoms with Crippen LogP contribution in [0.2, 0.25) is 0 Å². The summed E-state index contributed by atoms with van der Waals surface area (Å²) < 4.78 is 1.78. The molecule has 7 heteroatoms. The summed E-state index contributed by atoms with van der Waals surface area (Å²) in [7, 11) is 1.88. The van der Waals surface area contributed by atoms with Crippen LogP contribution in [0.4, 0.5) is 11.8 Å². The van der Waals surface area contributed by atoms with E-state index in [2.05, 4.69) is 41.0 Å². The Morgan fingerprint density at radius 3 is 2.41 bits per heavy atom. The predicted octanol–water partition coefficient (Wildman–Crippen LogP) is 2.97. The van der Waals surface area contributed by atoms with Crippen LogP contribution in [-0.2, 0) is 17.3 Å². The molecule has 1 fully saturated rings. The van der Waals surface area contributed by atoms with Crippen LogP contribution in [0.1, 0.15) is 69.2 Å². The number of carbonyl (C=O) groups excluding carboxylic acids is 1. The third kappa shape index (κ3) is 3.31. The summed E-state index contributed by atoms with van der Waals surface area (Å²) in [6.07, 6.45) is 7.86. The van der Waals surface area contributed by atoms with Gasteiger partial charge in [0.1, 0.15) is 5.82 Å². The Kier molecular flexibility index (Phi) is 4.40. The molecule has 1 atom stereocenters. The van der Waals surface area contributed by atoms with Crippen LogP contribution in [-0.4, -0.2) is 38.7 Å². The van der Waals surface area contributed by atoms with Crippen LogP contribution < -0.4 is 10.2 Å². The molecule has 27 heavy (non-hydrogen) atoms. The fourth-order valence-corrected chi connectivity index (χ4v) is 4.10. The molecule has 2 aromatic rings. The molecule has 1 N–H and O–H groups in total. The summed E-state index contributed by atoms with van der Waals surface area (Å²) in [5.41, 5.74) is 2.98. The number of hydrogen-bond acceptors (Lipinski definition) is 5. The van der Waals surface area contributed by atoms with Crippen molar-refractivity contribution in [3.8, 4) is 0 Å². The molecule has 0 aliphatic carbocycles. The van der Waals surface area contributed by atoms with E-state index >= 15 is 0 Å². The van der Waals surface area contributed by atoms with Gasteiger partial charge in [0, 0.05) is 55.8 Å². The topological polar surface area (TPSA) is 75.9 Å². The van der Waals surface area contributed by atoms with E-state index < -0.39 is 0 Å². The summed E-state index contributed by atoms with van der Waals surface area (Å²) in [5.74, 6) is 1.53. The predicted molar refractivity (Wildman–Crippen MR) is 105 cm³/mol. The van der Waals surface area contributed by atoms with Gasteiger partial charge in [-0.05, 0) is 24.8 Å². The molecule has 0 saturated carbocycles. The normalized spacial score (nSPS) is 20.4. The number of fused-ring (bicyclic) bond motifs is 1. The number of anilines is 2. The summed E-state index contributed by atoms with van der Waals surface area (Å²) in [6, 6.07) is 0. The number of nitrogens with one attached hydrogen (secondary N) is 1. The Morgan fingerprint density at radius 2 is 1.78 bits per heavy atom. The van der Waals surface area contributed by atoms with Crippen LogP contribution in [0.5, 0.6) is 0 Å². The number of rotatable bonds is 2. The van der Waals surface area contributed by atoms with E-state index in [9.17, 15) is 4.79 Å². The summed E-state index contributed by atoms with van der Waals surface area (Å²) >= 11 is 0. The first-order valence-corrected chi connectivity index (χ1v) is 9.78. The lowest BCUT2D eigenvalue weighted by Crippen LogP contribution is -2.31. The highest BCUT2D eigenvalue weighted by atomic mass is 16.1. The molecule has 7 nitrogen and oxygen atoms in total. The van der Waals surface area contributed by atoms with Crippen molar-refractivity contribution in [2.75, 3.05) is 23.3 Å². The van der Waals surface area contributed by atoms with E-state index in [4.69, 9.17) is 5.10 Å². The second-order valence-corrected chi connectivity index (χ2v) is 8.65. The highest BCUT2D eigenvalue weighted by Gasteiger charge is 2.36. The van der Waals surface area contributed by atoms with E-state index in [1.54, 1.807) is 4.68 Å². The second kappa shape index (κ2) is 6.62. The first kappa shape index (κ1) is 17.9. The average molecular weight is 368 g/mol. The minimum atomic E-state index is -0.111. The van der Waals surface area contributed by atoms with Gasteiger partial charge in [-0.15, -0.1) is 0 Å². The largest absolute Gasteiger partial charge is 0.341 e. The van der Waals surface area contributed by atoms with Crippen molar-refractivity contribution in [2.45, 2.75) is 57.8 Å². The van der Waals surface area contributed by atoms with Crippen LogP contribution in [0.15, 0.2) is 12.4 Å². The summed E-state index contributed by atoms with van der Waals surface area (Å²) in [4.78, 5) is 23.8. The zero-order valence-electron chi connectivity index (χ0n) is 16.6. The number of carbonyl (C=O) groups is 1. The first-order chi connectivity index (χ1) is 12.8. The van der Waals surface area contributed by atoms with E-state index in [-0.39, 0.29) is 17.2 Å². The molecule has 2 aliphatic heterocycles. The molecule has 4 rings (SSSR count). The monoisotopic (exact) mass is 368 g/mol. The molecule has 0 aromatic carbocycles. The highest BCUT2D eigenvalue weighted by Crippen LogP contribution is 2.42. The third-order valence-corrected chi connectivity index (χ3v) is 5.49. The van der Waals surface area contributed by atoms with Crippen LogP contribution in [0.3, 0.4) is 0 Å². The first-order valence-electron chi connectivity index (χ1n) is 9.78. The molecule has 1 saturated heterocycles. The molecule has 1 unspecified atom stereocenters. The summed E-state index contributed by atoms with van der Waals surface area (Å²) in [5, 5.41) is 7.71. The van der Waals surface area contributed by atoms with Gasteiger partial charge in [0.25, 0.3) is 0 Å². The molecule has 2 aliphatic rings. The number of aromatic nitrogens is 4. The lowest BCUT2D eigenvalue weighted by atomic mass is 9.80. The van der Waals surface area contributed by atoms with Crippen molar-refractivity contribution in [1.29, 1.82) is 0 Å². The average Bonchev–Trinajstić information content (AvgIpc) is 2.99. The second-order valence-electron chi connectivity index (χ2n) is 8.65. The number of nitrogens with zero attached hydrogens (tertiary/aromatic N) is 5. The Labute approximate surface area is 160 Å². The molecule has 144 valence electrons. The minimum absolute atomic E-state index is 0.0102. The fraction of sp³-hybridized carbons (Fsp3) is 0.600. The Balaban J connectivity index is 1.71. The van der Waals surface area contributed by atoms with Crippen molar-refractivity contribution in [1.82, 2.24) is 19.7 Å². The summed E-state index contributed by atoms with van der Waals surface area (Å²) in [6.45, 7) is 8.50. The maximum atomic E-state index is 12.3. The smallest absolute Gasteiger partial charge is 0.226 e. The van der Waals surface area contributed by atoms with E-state index in [0.717, 1.165) is 41.7 Å². The van der Waals surface area contributed by atoms with Gasteiger partial charge in [-0.3, -0.25) is 9.48 Å². The van der Waals surface area contributed by atoms with E-state index in [1.165, 1.54) is 19.3 Å². The van der Waals surface area contributed by atoms with Crippen LogP contribution in [0, 0.1) is 0 Å². The quantitative estimate of drug-likeness (QED) is 0.882. The Morgan fingerprint density at radius 1 is 1.11 bits per heavy atom. The SMILES string of the molecule is Cn1nc(C(C)(C)C)c2c1NC(=O)CC2c1cnc(N2CCCCC2)nc1. The van der Waals surface area contributed by atoms with Gasteiger partial charge in [-0.25, -0.2) is 9.97 Å². The third-order valence-electron chi connectivity index (χ3n) is 5.49. The van der Waals surface area contributed by atoms with E-state index in [0.29, 0.717) is 6.42 Å². The number of piperidine rings is 1. The Hall–Kier alpha value is -2.44. The van der Waals surface area contributed by atoms with Gasteiger partial charge in [0.2, 0.25) is 11.9 Å².